The Morgan fingerprint density at radius 3 is 3.11 bits per heavy atom. The Morgan fingerprint density at radius 2 is 2.56 bits per heavy atom. The number of thiazole rings is 1. The summed E-state index contributed by atoms with van der Waals surface area (Å²) in [6.07, 6.45) is 11.0. The van der Waals surface area contributed by atoms with Gasteiger partial charge in [0.15, 0.2) is 0 Å². The zero-order valence-electron chi connectivity index (χ0n) is 10.1. The van der Waals surface area contributed by atoms with Crippen LogP contribution in [0.2, 0.25) is 0 Å². The fraction of sp³-hybridized carbons (Fsp3) is 0.250. The van der Waals surface area contributed by atoms with Gasteiger partial charge in [0.1, 0.15) is 5.01 Å². The largest absolute Gasteiger partial charge is 0.404 e. The highest BCUT2D eigenvalue weighted by Crippen LogP contribution is 2.29. The van der Waals surface area contributed by atoms with E-state index in [2.05, 4.69) is 21.5 Å². The molecule has 0 aliphatic heterocycles. The molecule has 1 atom stereocenters. The van der Waals surface area contributed by atoms with E-state index < -0.39 is 0 Å². The van der Waals surface area contributed by atoms with Gasteiger partial charge in [0.25, 0.3) is 0 Å². The van der Waals surface area contributed by atoms with Crippen molar-refractivity contribution in [2.24, 2.45) is 5.73 Å². The third-order valence-electron chi connectivity index (χ3n) is 2.71. The lowest BCUT2D eigenvalue weighted by Crippen LogP contribution is -2.05. The van der Waals surface area contributed by atoms with Gasteiger partial charge in [-0.1, -0.05) is 6.92 Å². The van der Waals surface area contributed by atoms with E-state index in [-0.39, 0.29) is 7.47 Å². The number of hydrogen-bond acceptors (Lipinski definition) is 5. The Bertz CT molecular complexity index is 546. The molecule has 0 saturated heterocycles. The summed E-state index contributed by atoms with van der Waals surface area (Å²) < 4.78 is 2.06. The van der Waals surface area contributed by atoms with Crippen LogP contribution >= 0.6 is 11.3 Å². The highest BCUT2D eigenvalue weighted by molar-refractivity contribution is 7.13. The predicted molar refractivity (Wildman–Crippen MR) is 75.8 cm³/mol. The minimum Gasteiger partial charge on any atom is -0.404 e. The minimum atomic E-state index is 0. The highest BCUT2D eigenvalue weighted by Gasteiger charge is 2.15. The Morgan fingerprint density at radius 1 is 1.72 bits per heavy atom. The van der Waals surface area contributed by atoms with Crippen LogP contribution in [0.25, 0.3) is 5.57 Å². The number of nitrogens with two attached hydrogens (primary N) is 1. The number of nitrogens with one attached hydrogen (secondary N) is 1. The summed E-state index contributed by atoms with van der Waals surface area (Å²) in [5.41, 5.74) is 6.11. The average molecular weight is 263 g/mol. The van der Waals surface area contributed by atoms with Crippen LogP contribution < -0.4 is 5.73 Å². The molecule has 0 aromatic carbocycles. The van der Waals surface area contributed by atoms with Crippen molar-refractivity contribution >= 4 is 23.1 Å². The van der Waals surface area contributed by atoms with Crippen molar-refractivity contribution in [3.05, 3.63) is 41.0 Å². The van der Waals surface area contributed by atoms with Gasteiger partial charge in [-0.15, -0.1) is 11.3 Å². The zero-order chi connectivity index (χ0) is 13.0. The quantitative estimate of drug-likeness (QED) is 0.813. The van der Waals surface area contributed by atoms with Gasteiger partial charge in [0.2, 0.25) is 0 Å². The van der Waals surface area contributed by atoms with Crippen molar-refractivity contribution in [3.63, 3.8) is 0 Å². The summed E-state index contributed by atoms with van der Waals surface area (Å²) in [6, 6.07) is 0.239. The third-order valence-corrected chi connectivity index (χ3v) is 3.85. The van der Waals surface area contributed by atoms with Crippen LogP contribution in [0.4, 0.5) is 0 Å². The van der Waals surface area contributed by atoms with E-state index in [1.165, 1.54) is 12.4 Å². The molecule has 96 valence electrons. The zero-order valence-corrected chi connectivity index (χ0v) is 10.9. The average Bonchev–Trinajstić information content (AvgIpc) is 3.04. The van der Waals surface area contributed by atoms with Gasteiger partial charge < -0.3 is 15.7 Å². The molecular weight excluding hydrogens is 246 g/mol. The van der Waals surface area contributed by atoms with Crippen LogP contribution in [0.5, 0.6) is 0 Å². The molecule has 18 heavy (non-hydrogen) atoms. The van der Waals surface area contributed by atoms with Gasteiger partial charge in [-0.25, -0.2) is 9.97 Å². The van der Waals surface area contributed by atoms with Gasteiger partial charge in [-0.2, -0.15) is 0 Å². The summed E-state index contributed by atoms with van der Waals surface area (Å²) in [5, 5.41) is 8.06. The number of rotatable bonds is 5. The maximum absolute atomic E-state index is 7.28. The number of allylic oxidation sites excluding steroid dienone is 1. The second-order valence-electron chi connectivity index (χ2n) is 3.77. The summed E-state index contributed by atoms with van der Waals surface area (Å²) in [5.74, 6) is 0. The summed E-state index contributed by atoms with van der Waals surface area (Å²) in [7, 11) is 0. The molecule has 0 aliphatic rings. The first-order chi connectivity index (χ1) is 8.80. The fourth-order valence-electron chi connectivity index (χ4n) is 1.77. The Labute approximate surface area is 111 Å². The minimum absolute atomic E-state index is 0. The molecular formula is C12H17N5S. The summed E-state index contributed by atoms with van der Waals surface area (Å²) in [6.45, 7) is 2.13. The lowest BCUT2D eigenvalue weighted by molar-refractivity contribution is 0.574. The molecule has 6 heteroatoms. The van der Waals surface area contributed by atoms with Crippen molar-refractivity contribution in [1.82, 2.24) is 14.5 Å². The van der Waals surface area contributed by atoms with Gasteiger partial charge >= 0.3 is 0 Å². The predicted octanol–water partition coefficient (Wildman–Crippen LogP) is 2.53. The number of nitrogens with zero attached hydrogens (tertiary/aromatic N) is 3. The van der Waals surface area contributed by atoms with Gasteiger partial charge in [0, 0.05) is 42.9 Å². The van der Waals surface area contributed by atoms with Crippen LogP contribution in [0.15, 0.2) is 31.1 Å². The summed E-state index contributed by atoms with van der Waals surface area (Å²) in [4.78, 5) is 9.54. The van der Waals surface area contributed by atoms with Crippen LogP contribution in [-0.2, 0) is 0 Å². The Hall–Kier alpha value is -1.95. The molecule has 2 aromatic heterocycles. The van der Waals surface area contributed by atoms with Gasteiger partial charge in [-0.3, -0.25) is 0 Å². The smallest absolute Gasteiger partial charge is 0.126 e. The van der Waals surface area contributed by atoms with E-state index in [0.717, 1.165) is 16.3 Å². The SMILES string of the molecule is CCC(c1cnc(/C(C=N)=C/N)s1)n1ccnc1.[HH]. The number of imidazole rings is 1. The first kappa shape index (κ1) is 12.5. The maximum Gasteiger partial charge on any atom is 0.126 e. The second kappa shape index (κ2) is 5.59. The topological polar surface area (TPSA) is 80.6 Å². The lowest BCUT2D eigenvalue weighted by atomic mass is 10.2. The normalized spacial score (nSPS) is 13.5. The van der Waals surface area contributed by atoms with Crippen molar-refractivity contribution < 1.29 is 1.43 Å². The molecule has 2 heterocycles. The molecule has 2 rings (SSSR count). The molecule has 3 N–H and O–H groups in total. The first-order valence-corrected chi connectivity index (χ1v) is 6.47. The van der Waals surface area contributed by atoms with E-state index in [9.17, 15) is 0 Å². The first-order valence-electron chi connectivity index (χ1n) is 5.66. The number of aromatic nitrogens is 3. The molecule has 0 radical (unpaired) electrons. The molecule has 0 bridgehead atoms. The highest BCUT2D eigenvalue weighted by atomic mass is 32.1. The molecule has 0 aliphatic carbocycles. The van der Waals surface area contributed by atoms with Gasteiger partial charge in [-0.05, 0) is 6.42 Å². The van der Waals surface area contributed by atoms with Crippen molar-refractivity contribution in [1.29, 1.82) is 5.41 Å². The second-order valence-corrected chi connectivity index (χ2v) is 4.83. The monoisotopic (exact) mass is 263 g/mol. The molecule has 0 fully saturated rings. The van der Waals surface area contributed by atoms with E-state index in [1.54, 1.807) is 17.5 Å². The van der Waals surface area contributed by atoms with Crippen molar-refractivity contribution in [2.75, 3.05) is 0 Å². The fourth-order valence-corrected chi connectivity index (χ4v) is 2.87. The van der Waals surface area contributed by atoms with Crippen LogP contribution in [-0.4, -0.2) is 20.7 Å². The van der Waals surface area contributed by atoms with Crippen LogP contribution in [0, 0.1) is 5.41 Å². The summed E-state index contributed by atoms with van der Waals surface area (Å²) >= 11 is 1.56. The van der Waals surface area contributed by atoms with Crippen molar-refractivity contribution in [2.45, 2.75) is 19.4 Å². The third kappa shape index (κ3) is 2.33. The van der Waals surface area contributed by atoms with E-state index in [1.807, 2.05) is 18.7 Å². The molecule has 0 amide bonds. The molecule has 0 spiro atoms. The molecule has 1 unspecified atom stereocenters. The van der Waals surface area contributed by atoms with Gasteiger partial charge in [0.05, 0.1) is 12.4 Å². The van der Waals surface area contributed by atoms with Crippen LogP contribution in [0.1, 0.15) is 30.7 Å². The Balaban J connectivity index is 0.00000180. The molecule has 0 saturated carbocycles. The van der Waals surface area contributed by atoms with E-state index >= 15 is 0 Å². The van der Waals surface area contributed by atoms with Crippen LogP contribution in [0.3, 0.4) is 0 Å². The number of hydrogen-bond donors (Lipinski definition) is 2. The van der Waals surface area contributed by atoms with E-state index in [0.29, 0.717) is 5.57 Å². The molecule has 2 aromatic rings. The van der Waals surface area contributed by atoms with E-state index in [4.69, 9.17) is 11.1 Å². The standard InChI is InChI=1S/C12H15N5S.H2/c1-2-10(17-4-3-15-8-17)11-7-16-12(18-11)9(5-13)6-14;/h3-8,10,13H,2,14H2,1H3;1H/b9-6+,13-5?;. The molecule has 5 nitrogen and oxygen atoms in total. The Kier molecular flexibility index (Phi) is 3.88. The lowest BCUT2D eigenvalue weighted by Gasteiger charge is -2.13. The maximum atomic E-state index is 7.28. The van der Waals surface area contributed by atoms with Crippen molar-refractivity contribution in [3.8, 4) is 0 Å².